The van der Waals surface area contributed by atoms with Crippen LogP contribution in [-0.4, -0.2) is 38.9 Å². The lowest BCUT2D eigenvalue weighted by Crippen LogP contribution is -3.09. The third kappa shape index (κ3) is 10.4. The molecule has 2 unspecified atom stereocenters. The van der Waals surface area contributed by atoms with Crippen molar-refractivity contribution in [3.63, 3.8) is 0 Å². The molecule has 2 atom stereocenters. The van der Waals surface area contributed by atoms with Crippen LogP contribution in [-0.2, 0) is 10.1 Å². The Balaban J connectivity index is 0.000000385. The molecule has 0 spiro atoms. The Morgan fingerprint density at radius 1 is 1.38 bits per heavy atom. The maximum absolute atomic E-state index is 9.08. The van der Waals surface area contributed by atoms with Gasteiger partial charge in [0.25, 0.3) is 0 Å². The number of unbranched alkanes of at least 4 members (excludes halogenated alkanes) is 1. The van der Waals surface area contributed by atoms with Crippen LogP contribution in [0.5, 0.6) is 0 Å². The molecule has 1 saturated heterocycles. The summed E-state index contributed by atoms with van der Waals surface area (Å²) in [4.78, 5) is 1.83. The van der Waals surface area contributed by atoms with E-state index in [0.29, 0.717) is 6.26 Å². The van der Waals surface area contributed by atoms with E-state index in [1.54, 1.807) is 0 Å². The topological polar surface area (TPSA) is 61.6 Å². The summed E-state index contributed by atoms with van der Waals surface area (Å²) in [5.74, 6) is 1.06. The smallest absolute Gasteiger partial charge is 0.0916 e. The molecule has 0 aromatic rings. The zero-order valence-electron chi connectivity index (χ0n) is 10.7. The average Bonchev–Trinajstić information content (AvgIpc) is 2.59. The van der Waals surface area contributed by atoms with E-state index in [1.165, 1.54) is 45.3 Å². The summed E-state index contributed by atoms with van der Waals surface area (Å²) in [6.07, 6.45) is 6.40. The molecule has 1 fully saturated rings. The molecule has 1 heterocycles. The molecule has 0 aromatic carbocycles. The van der Waals surface area contributed by atoms with Gasteiger partial charge in [-0.2, -0.15) is 0 Å². The second kappa shape index (κ2) is 8.03. The van der Waals surface area contributed by atoms with Crippen molar-refractivity contribution in [1.82, 2.24) is 0 Å². The molecule has 16 heavy (non-hydrogen) atoms. The summed E-state index contributed by atoms with van der Waals surface area (Å²) in [5, 5.41) is 0. The van der Waals surface area contributed by atoms with Crippen LogP contribution in [0.4, 0.5) is 0 Å². The van der Waals surface area contributed by atoms with Crippen LogP contribution in [0.2, 0.25) is 0 Å². The lowest BCUT2D eigenvalue weighted by atomic mass is 10.0. The van der Waals surface area contributed by atoms with Gasteiger partial charge in [-0.15, -0.1) is 0 Å². The predicted octanol–water partition coefficient (Wildman–Crippen LogP) is 0.263. The molecular weight excluding hydrogens is 226 g/mol. The Hall–Kier alpha value is -0.130. The van der Waals surface area contributed by atoms with Crippen molar-refractivity contribution in [1.29, 1.82) is 0 Å². The van der Waals surface area contributed by atoms with Crippen LogP contribution in [0.3, 0.4) is 0 Å². The van der Waals surface area contributed by atoms with E-state index in [4.69, 9.17) is 13.0 Å². The van der Waals surface area contributed by atoms with Gasteiger partial charge in [0.2, 0.25) is 0 Å². The monoisotopic (exact) mass is 251 g/mol. The molecule has 4 nitrogen and oxygen atoms in total. The predicted molar refractivity (Wildman–Crippen MR) is 64.5 cm³/mol. The lowest BCUT2D eigenvalue weighted by molar-refractivity contribution is -0.887. The minimum atomic E-state index is -3.92. The van der Waals surface area contributed by atoms with Crippen molar-refractivity contribution >= 4 is 10.1 Å². The first-order valence-electron chi connectivity index (χ1n) is 6.11. The Kier molecular flexibility index (Phi) is 7.97. The van der Waals surface area contributed by atoms with Crippen molar-refractivity contribution in [2.75, 3.05) is 25.9 Å². The van der Waals surface area contributed by atoms with Gasteiger partial charge in [-0.1, -0.05) is 19.8 Å². The van der Waals surface area contributed by atoms with Gasteiger partial charge < -0.3 is 9.45 Å². The molecule has 1 aliphatic heterocycles. The summed E-state index contributed by atoms with van der Waals surface area (Å²) < 4.78 is 27.2. The second-order valence-corrected chi connectivity index (χ2v) is 5.97. The number of rotatable bonds is 4. The number of hydrogen-bond donors (Lipinski definition) is 1. The number of nitrogens with one attached hydrogen (secondary N) is 1. The summed E-state index contributed by atoms with van der Waals surface area (Å²) in [6.45, 7) is 8.82. The maximum Gasteiger partial charge on any atom is 0.0916 e. The van der Waals surface area contributed by atoms with Crippen molar-refractivity contribution < 1.29 is 17.9 Å². The van der Waals surface area contributed by atoms with E-state index in [0.717, 1.165) is 5.92 Å². The first-order valence-corrected chi connectivity index (χ1v) is 7.92. The van der Waals surface area contributed by atoms with Gasteiger partial charge in [0.15, 0.2) is 0 Å². The molecule has 1 N–H and O–H groups in total. The Bertz CT molecular complexity index is 256. The largest absolute Gasteiger partial charge is 0.748 e. The molecule has 0 saturated carbocycles. The van der Waals surface area contributed by atoms with E-state index >= 15 is 0 Å². The molecule has 1 rings (SSSR count). The fourth-order valence-electron chi connectivity index (χ4n) is 2.08. The molecule has 98 valence electrons. The number of hydrogen-bond acceptors (Lipinski definition) is 3. The van der Waals surface area contributed by atoms with Gasteiger partial charge in [0.05, 0.1) is 29.8 Å². The average molecular weight is 251 g/mol. The van der Waals surface area contributed by atoms with Gasteiger partial charge in [0, 0.05) is 18.6 Å². The Labute approximate surface area is 99.8 Å². The molecule has 0 bridgehead atoms. The zero-order chi connectivity index (χ0) is 12.6. The molecule has 0 aromatic heterocycles. The Morgan fingerprint density at radius 3 is 2.31 bits per heavy atom. The number of likely N-dealkylation sites (tertiary alicyclic amines) is 1. The Morgan fingerprint density at radius 2 is 1.94 bits per heavy atom. The third-order valence-electron chi connectivity index (χ3n) is 2.95. The minimum Gasteiger partial charge on any atom is -0.748 e. The van der Waals surface area contributed by atoms with Gasteiger partial charge in [-0.05, 0) is 13.3 Å². The quantitative estimate of drug-likeness (QED) is 0.729. The summed E-state index contributed by atoms with van der Waals surface area (Å²) >= 11 is 0. The molecule has 0 radical (unpaired) electrons. The van der Waals surface area contributed by atoms with E-state index in [2.05, 4.69) is 13.8 Å². The minimum absolute atomic E-state index is 0.604. The van der Waals surface area contributed by atoms with E-state index in [1.807, 2.05) is 4.90 Å². The van der Waals surface area contributed by atoms with Crippen LogP contribution >= 0.6 is 0 Å². The van der Waals surface area contributed by atoms with E-state index in [-0.39, 0.29) is 0 Å². The third-order valence-corrected chi connectivity index (χ3v) is 2.95. The maximum atomic E-state index is 9.08. The molecular formula is C11H25NO3S. The second-order valence-electron chi connectivity index (χ2n) is 4.56. The van der Waals surface area contributed by atoms with Crippen molar-refractivity contribution in [3.05, 3.63) is 0 Å². The summed E-state index contributed by atoms with van der Waals surface area (Å²) in [6, 6.07) is 0. The molecule has 1 aliphatic rings. The van der Waals surface area contributed by atoms with Crippen LogP contribution in [0.25, 0.3) is 0 Å². The highest BCUT2D eigenvalue weighted by molar-refractivity contribution is 7.84. The van der Waals surface area contributed by atoms with E-state index in [9.17, 15) is 0 Å². The van der Waals surface area contributed by atoms with Crippen LogP contribution < -0.4 is 4.90 Å². The van der Waals surface area contributed by atoms with Crippen LogP contribution in [0, 0.1) is 5.92 Å². The van der Waals surface area contributed by atoms with E-state index < -0.39 is 10.1 Å². The van der Waals surface area contributed by atoms with Gasteiger partial charge in [-0.3, -0.25) is 0 Å². The lowest BCUT2D eigenvalue weighted by Gasteiger charge is -2.09. The zero-order valence-corrected chi connectivity index (χ0v) is 11.5. The first-order chi connectivity index (χ1) is 7.36. The standard InChI is InChI=1S/C10H21N.CH4O3S/c1-3-5-6-10-7-8-11(4-2)9-10;1-5(2,3)4/h10H,3-9H2,1-2H3;1H3,(H,2,3,4). The van der Waals surface area contributed by atoms with Crippen LogP contribution in [0.1, 0.15) is 39.5 Å². The fraction of sp³-hybridized carbons (Fsp3) is 1.00. The first kappa shape index (κ1) is 15.9. The molecule has 0 amide bonds. The van der Waals surface area contributed by atoms with Crippen molar-refractivity contribution in [2.24, 2.45) is 5.92 Å². The normalized spacial score (nSPS) is 25.0. The highest BCUT2D eigenvalue weighted by atomic mass is 32.2. The molecule has 5 heteroatoms. The molecule has 0 aliphatic carbocycles. The van der Waals surface area contributed by atoms with Crippen molar-refractivity contribution in [2.45, 2.75) is 39.5 Å². The highest BCUT2D eigenvalue weighted by Gasteiger charge is 2.23. The van der Waals surface area contributed by atoms with Crippen LogP contribution in [0.15, 0.2) is 0 Å². The highest BCUT2D eigenvalue weighted by Crippen LogP contribution is 2.12. The van der Waals surface area contributed by atoms with Gasteiger partial charge in [0.1, 0.15) is 0 Å². The van der Waals surface area contributed by atoms with Crippen molar-refractivity contribution in [3.8, 4) is 0 Å². The SMILES string of the molecule is CCCCC1CC[NH+](CC)C1.CS(=O)(=O)[O-]. The van der Waals surface area contributed by atoms with Gasteiger partial charge in [-0.25, -0.2) is 8.42 Å². The van der Waals surface area contributed by atoms with Gasteiger partial charge >= 0.3 is 0 Å². The summed E-state index contributed by atoms with van der Waals surface area (Å²) in [7, 11) is -3.92. The number of quaternary nitrogens is 1. The fourth-order valence-corrected chi connectivity index (χ4v) is 2.08. The summed E-state index contributed by atoms with van der Waals surface area (Å²) in [5.41, 5.74) is 0.